The minimum Gasteiger partial charge on any atom is -0.383 e. The van der Waals surface area contributed by atoms with E-state index in [0.29, 0.717) is 5.92 Å². The Morgan fingerprint density at radius 2 is 2.21 bits per heavy atom. The summed E-state index contributed by atoms with van der Waals surface area (Å²) in [5.74, 6) is 1.65. The third kappa shape index (κ3) is 6.03. The largest absolute Gasteiger partial charge is 0.383 e. The molecule has 0 amide bonds. The number of anilines is 1. The Balaban J connectivity index is 2.70. The quantitative estimate of drug-likeness (QED) is 0.745. The maximum absolute atomic E-state index is 5.20. The lowest BCUT2D eigenvalue weighted by Gasteiger charge is -2.24. The smallest absolute Gasteiger partial charge is 0.130 e. The number of ether oxygens (including phenoxy) is 1. The predicted octanol–water partition coefficient (Wildman–Crippen LogP) is 2.62. The Labute approximate surface area is 117 Å². The fraction of sp³-hybridized carbons (Fsp3) is 0.667. The van der Waals surface area contributed by atoms with Gasteiger partial charge in [0.15, 0.2) is 0 Å². The molecule has 4 heteroatoms. The third-order valence-corrected chi connectivity index (χ3v) is 2.86. The van der Waals surface area contributed by atoms with Gasteiger partial charge in [0.05, 0.1) is 6.61 Å². The van der Waals surface area contributed by atoms with Crippen LogP contribution in [0, 0.1) is 5.92 Å². The van der Waals surface area contributed by atoms with Gasteiger partial charge in [-0.1, -0.05) is 19.9 Å². The number of hydrogen-bond donors (Lipinski definition) is 1. The Kier molecular flexibility index (Phi) is 7.45. The molecule has 0 aromatic carbocycles. The maximum Gasteiger partial charge on any atom is 0.130 e. The molecule has 1 N–H and O–H groups in total. The summed E-state index contributed by atoms with van der Waals surface area (Å²) in [7, 11) is 1.75. The Bertz CT molecular complexity index is 355. The topological polar surface area (TPSA) is 37.4 Å². The minimum atomic E-state index is 0.649. The van der Waals surface area contributed by atoms with E-state index in [1.807, 2.05) is 12.3 Å². The van der Waals surface area contributed by atoms with Crippen molar-refractivity contribution in [1.82, 2.24) is 9.88 Å². The van der Waals surface area contributed by atoms with Gasteiger partial charge in [-0.15, -0.1) is 0 Å². The molecule has 0 aliphatic heterocycles. The molecule has 1 aromatic rings. The van der Waals surface area contributed by atoms with Crippen LogP contribution in [0.2, 0.25) is 0 Å². The van der Waals surface area contributed by atoms with Gasteiger partial charge in [-0.05, 0) is 18.9 Å². The lowest BCUT2D eigenvalue weighted by atomic mass is 10.1. The van der Waals surface area contributed by atoms with Gasteiger partial charge in [0.25, 0.3) is 0 Å². The second-order valence-corrected chi connectivity index (χ2v) is 5.16. The molecule has 0 saturated heterocycles. The summed E-state index contributed by atoms with van der Waals surface area (Å²) >= 11 is 0. The number of hydrogen-bond acceptors (Lipinski definition) is 4. The highest BCUT2D eigenvalue weighted by Gasteiger charge is 2.11. The molecule has 0 aliphatic carbocycles. The van der Waals surface area contributed by atoms with Crippen molar-refractivity contribution >= 4 is 5.82 Å². The average molecular weight is 265 g/mol. The van der Waals surface area contributed by atoms with Crippen LogP contribution in [0.5, 0.6) is 0 Å². The average Bonchev–Trinajstić information content (AvgIpc) is 2.38. The summed E-state index contributed by atoms with van der Waals surface area (Å²) in [5, 5.41) is 3.32. The number of methoxy groups -OCH3 is 1. The van der Waals surface area contributed by atoms with E-state index in [0.717, 1.165) is 38.6 Å². The van der Waals surface area contributed by atoms with Gasteiger partial charge < -0.3 is 10.1 Å². The molecule has 0 saturated carbocycles. The standard InChI is InChI=1S/C15H27N3O/c1-5-16-15-14(7-6-8-17-15)12-18(9-10-19-4)11-13(2)3/h6-8,13H,5,9-12H2,1-4H3,(H,16,17). The number of nitrogens with zero attached hydrogens (tertiary/aromatic N) is 2. The summed E-state index contributed by atoms with van der Waals surface area (Å²) in [5.41, 5.74) is 1.25. The first-order valence-corrected chi connectivity index (χ1v) is 7.06. The summed E-state index contributed by atoms with van der Waals surface area (Å²) in [6.07, 6.45) is 1.84. The molecule has 0 aliphatic rings. The molecule has 0 spiro atoms. The van der Waals surface area contributed by atoms with Crippen molar-refractivity contribution in [2.75, 3.05) is 38.7 Å². The highest BCUT2D eigenvalue weighted by molar-refractivity contribution is 5.43. The van der Waals surface area contributed by atoms with Crippen molar-refractivity contribution in [2.24, 2.45) is 5.92 Å². The molecular weight excluding hydrogens is 238 g/mol. The lowest BCUT2D eigenvalue weighted by Crippen LogP contribution is -2.31. The van der Waals surface area contributed by atoms with E-state index in [1.165, 1.54) is 5.56 Å². The van der Waals surface area contributed by atoms with E-state index in [-0.39, 0.29) is 0 Å². The third-order valence-electron chi connectivity index (χ3n) is 2.86. The molecule has 1 aromatic heterocycles. The van der Waals surface area contributed by atoms with Crippen molar-refractivity contribution in [3.63, 3.8) is 0 Å². The fourth-order valence-corrected chi connectivity index (χ4v) is 2.11. The highest BCUT2D eigenvalue weighted by Crippen LogP contribution is 2.15. The van der Waals surface area contributed by atoms with Crippen LogP contribution in [-0.4, -0.2) is 43.2 Å². The molecule has 0 unspecified atom stereocenters. The van der Waals surface area contributed by atoms with Crippen LogP contribution in [0.3, 0.4) is 0 Å². The molecule has 0 atom stereocenters. The van der Waals surface area contributed by atoms with E-state index in [9.17, 15) is 0 Å². The van der Waals surface area contributed by atoms with E-state index >= 15 is 0 Å². The summed E-state index contributed by atoms with van der Waals surface area (Å²) in [4.78, 5) is 6.83. The molecule has 0 radical (unpaired) electrons. The molecule has 108 valence electrons. The first-order chi connectivity index (χ1) is 9.17. The Morgan fingerprint density at radius 1 is 1.42 bits per heavy atom. The summed E-state index contributed by atoms with van der Waals surface area (Å²) < 4.78 is 5.20. The van der Waals surface area contributed by atoms with Crippen LogP contribution < -0.4 is 5.32 Å². The Morgan fingerprint density at radius 3 is 2.84 bits per heavy atom. The van der Waals surface area contributed by atoms with Gasteiger partial charge in [-0.2, -0.15) is 0 Å². The van der Waals surface area contributed by atoms with E-state index < -0.39 is 0 Å². The molecule has 0 fully saturated rings. The van der Waals surface area contributed by atoms with Gasteiger partial charge in [0.2, 0.25) is 0 Å². The van der Waals surface area contributed by atoms with Crippen molar-refractivity contribution in [3.05, 3.63) is 23.9 Å². The first-order valence-electron chi connectivity index (χ1n) is 7.06. The lowest BCUT2D eigenvalue weighted by molar-refractivity contribution is 0.136. The second-order valence-electron chi connectivity index (χ2n) is 5.16. The maximum atomic E-state index is 5.20. The van der Waals surface area contributed by atoms with Gasteiger partial charge in [0.1, 0.15) is 5.82 Å². The van der Waals surface area contributed by atoms with Gasteiger partial charge >= 0.3 is 0 Å². The van der Waals surface area contributed by atoms with Crippen LogP contribution in [0.15, 0.2) is 18.3 Å². The van der Waals surface area contributed by atoms with Crippen LogP contribution >= 0.6 is 0 Å². The number of rotatable bonds is 9. The normalized spacial score (nSPS) is 11.3. The Hall–Kier alpha value is -1.13. The minimum absolute atomic E-state index is 0.649. The monoisotopic (exact) mass is 265 g/mol. The van der Waals surface area contributed by atoms with E-state index in [4.69, 9.17) is 4.74 Å². The zero-order chi connectivity index (χ0) is 14.1. The van der Waals surface area contributed by atoms with E-state index in [1.54, 1.807) is 7.11 Å². The van der Waals surface area contributed by atoms with Crippen LogP contribution in [-0.2, 0) is 11.3 Å². The zero-order valence-corrected chi connectivity index (χ0v) is 12.6. The molecule has 19 heavy (non-hydrogen) atoms. The summed E-state index contributed by atoms with van der Waals surface area (Å²) in [6, 6.07) is 4.14. The summed E-state index contributed by atoms with van der Waals surface area (Å²) in [6.45, 7) is 11.2. The second kappa shape index (κ2) is 8.88. The van der Waals surface area contributed by atoms with Crippen molar-refractivity contribution < 1.29 is 4.74 Å². The van der Waals surface area contributed by atoms with Gasteiger partial charge in [0, 0.05) is 45.0 Å². The van der Waals surface area contributed by atoms with Gasteiger partial charge in [-0.25, -0.2) is 4.98 Å². The highest BCUT2D eigenvalue weighted by atomic mass is 16.5. The molecule has 1 heterocycles. The zero-order valence-electron chi connectivity index (χ0n) is 12.6. The number of aromatic nitrogens is 1. The van der Waals surface area contributed by atoms with E-state index in [2.05, 4.69) is 42.0 Å². The number of nitrogens with one attached hydrogen (secondary N) is 1. The SMILES string of the molecule is CCNc1ncccc1CN(CCOC)CC(C)C. The predicted molar refractivity (Wildman–Crippen MR) is 80.4 cm³/mol. The van der Waals surface area contributed by atoms with Crippen LogP contribution in [0.25, 0.3) is 0 Å². The van der Waals surface area contributed by atoms with Crippen molar-refractivity contribution in [3.8, 4) is 0 Å². The molecule has 4 nitrogen and oxygen atoms in total. The van der Waals surface area contributed by atoms with Crippen molar-refractivity contribution in [2.45, 2.75) is 27.3 Å². The first kappa shape index (κ1) is 15.9. The fourth-order valence-electron chi connectivity index (χ4n) is 2.11. The molecular formula is C15H27N3O. The molecule has 1 rings (SSSR count). The van der Waals surface area contributed by atoms with Crippen LogP contribution in [0.4, 0.5) is 5.82 Å². The van der Waals surface area contributed by atoms with Crippen LogP contribution in [0.1, 0.15) is 26.3 Å². The van der Waals surface area contributed by atoms with Gasteiger partial charge in [-0.3, -0.25) is 4.90 Å². The number of pyridine rings is 1. The molecule has 0 bridgehead atoms. The van der Waals surface area contributed by atoms with Crippen molar-refractivity contribution in [1.29, 1.82) is 0 Å².